The molecule has 0 aliphatic heterocycles. The lowest BCUT2D eigenvalue weighted by atomic mass is 10.2. The topological polar surface area (TPSA) is 275 Å². The molecule has 63 heavy (non-hydrogen) atoms. The first kappa shape index (κ1) is 62.3. The fraction of sp³-hybridized carbons (Fsp3) is 0.372. The zero-order valence-electron chi connectivity index (χ0n) is 37.1. The van der Waals surface area contributed by atoms with Crippen molar-refractivity contribution in [1.29, 1.82) is 0 Å². The molecule has 0 saturated carbocycles. The average molecular weight is 1120 g/mol. The van der Waals surface area contributed by atoms with Gasteiger partial charge in [-0.1, -0.05) is 137 Å². The summed E-state index contributed by atoms with van der Waals surface area (Å²) in [5.74, 6) is 0. The molecule has 0 unspecified atom stereocenters. The number of nitro benzene ring substituents is 2. The third kappa shape index (κ3) is 26.9. The van der Waals surface area contributed by atoms with Gasteiger partial charge in [-0.3, -0.25) is 24.8 Å². The Hall–Kier alpha value is -5.00. The molecule has 0 fully saturated rings. The van der Waals surface area contributed by atoms with Crippen LogP contribution in [-0.2, 0) is 0 Å². The van der Waals surface area contributed by atoms with Crippen LogP contribution >= 0.6 is 56.8 Å². The molecule has 10 N–H and O–H groups in total. The summed E-state index contributed by atoms with van der Waals surface area (Å²) in [5, 5.41) is 28.3. The summed E-state index contributed by atoms with van der Waals surface area (Å²) < 4.78 is 5.21. The van der Waals surface area contributed by atoms with Gasteiger partial charge in [-0.15, -0.1) is 0 Å². The summed E-state index contributed by atoms with van der Waals surface area (Å²) in [4.78, 5) is 34.9. The molecule has 6 aromatic rings. The first-order valence-electron chi connectivity index (χ1n) is 19.1. The van der Waals surface area contributed by atoms with Gasteiger partial charge in [0.15, 0.2) is 0 Å². The number of aromatic amines is 1. The number of nitrogen functional groups attached to an aromatic ring is 4. The summed E-state index contributed by atoms with van der Waals surface area (Å²) in [6.45, 7) is 18.8. The van der Waals surface area contributed by atoms with Crippen LogP contribution in [0.1, 0.15) is 85.3 Å². The van der Waals surface area contributed by atoms with E-state index in [1.54, 1.807) is 53.9 Å². The number of benzene rings is 3. The van der Waals surface area contributed by atoms with Crippen molar-refractivity contribution in [3.63, 3.8) is 0 Å². The molecule has 0 amide bonds. The van der Waals surface area contributed by atoms with E-state index in [9.17, 15) is 20.2 Å². The van der Waals surface area contributed by atoms with Gasteiger partial charge in [-0.2, -0.15) is 0 Å². The highest BCUT2D eigenvalue weighted by molar-refractivity contribution is 14.1. The van der Waals surface area contributed by atoms with E-state index in [-0.39, 0.29) is 35.2 Å². The van der Waals surface area contributed by atoms with Crippen molar-refractivity contribution >= 4 is 90.9 Å². The van der Waals surface area contributed by atoms with Crippen LogP contribution in [0, 0.1) is 41.0 Å². The Kier molecular flexibility index (Phi) is 34.1. The molecule has 0 radical (unpaired) electrons. The molecule has 3 aromatic heterocycles. The van der Waals surface area contributed by atoms with Gasteiger partial charge in [0.05, 0.1) is 57.3 Å². The van der Waals surface area contributed by atoms with Crippen molar-refractivity contribution in [3.8, 4) is 11.4 Å². The van der Waals surface area contributed by atoms with Gasteiger partial charge in [-0.25, -0.2) is 15.0 Å². The number of halogens is 3. The second-order valence-electron chi connectivity index (χ2n) is 13.5. The number of nitrogens with one attached hydrogen (secondary N) is 1. The lowest BCUT2D eigenvalue weighted by Gasteiger charge is -2.07. The molecule has 0 saturated heterocycles. The predicted octanol–water partition coefficient (Wildman–Crippen LogP) is 11.7. The number of imidazole rings is 3. The molecule has 0 atom stereocenters. The number of nitrogens with zero attached hydrogens (tertiary/aromatic N) is 7. The highest BCUT2D eigenvalue weighted by atomic mass is 127. The maximum atomic E-state index is 10.9. The van der Waals surface area contributed by atoms with E-state index >= 15 is 0 Å². The van der Waals surface area contributed by atoms with Gasteiger partial charge in [0.1, 0.15) is 22.1 Å². The van der Waals surface area contributed by atoms with Crippen LogP contribution < -0.4 is 22.9 Å². The minimum atomic E-state index is -0.600. The van der Waals surface area contributed by atoms with E-state index in [0.29, 0.717) is 20.5 Å². The highest BCUT2D eigenvalue weighted by Gasteiger charge is 2.19. The number of hydrogen-bond acceptors (Lipinski definition) is 12. The van der Waals surface area contributed by atoms with Crippen LogP contribution in [0.15, 0.2) is 92.2 Å². The number of aromatic nitrogens is 6. The number of aryl methyl sites for hydroxylation is 3. The maximum Gasteiger partial charge on any atom is 0.315 e. The van der Waals surface area contributed by atoms with E-state index in [0.717, 1.165) is 29.9 Å². The molecule has 0 spiro atoms. The van der Waals surface area contributed by atoms with Crippen molar-refractivity contribution < 1.29 is 15.0 Å². The number of rotatable bonds is 6. The van der Waals surface area contributed by atoms with Crippen molar-refractivity contribution in [3.05, 3.63) is 135 Å². The molecular weight excluding hydrogens is 1050 g/mol. The third-order valence-corrected chi connectivity index (χ3v) is 8.23. The van der Waals surface area contributed by atoms with Crippen LogP contribution in [0.25, 0.3) is 11.4 Å². The zero-order valence-corrected chi connectivity index (χ0v) is 42.2. The van der Waals surface area contributed by atoms with Crippen molar-refractivity contribution in [1.82, 2.24) is 29.1 Å². The van der Waals surface area contributed by atoms with Crippen molar-refractivity contribution in [2.45, 2.75) is 92.4 Å². The summed E-state index contributed by atoms with van der Waals surface area (Å²) in [7, 11) is 1.00. The van der Waals surface area contributed by atoms with Crippen LogP contribution in [-0.4, -0.2) is 59.0 Å². The molecule has 3 heterocycles. The fourth-order valence-corrected chi connectivity index (χ4v) is 4.16. The first-order valence-corrected chi connectivity index (χ1v) is 22.1. The molecule has 20 heteroatoms. The molecule has 0 bridgehead atoms. The Morgan fingerprint density at radius 2 is 1.14 bits per heavy atom. The Morgan fingerprint density at radius 3 is 1.44 bits per heavy atom. The van der Waals surface area contributed by atoms with E-state index in [2.05, 4.69) is 107 Å². The minimum Gasteiger partial charge on any atom is -0.400 e. The quantitative estimate of drug-likeness (QED) is 0.0299. The maximum absolute atomic E-state index is 10.9. The predicted molar refractivity (Wildman–Crippen MR) is 281 cm³/mol. The van der Waals surface area contributed by atoms with Crippen LogP contribution in [0.3, 0.4) is 0 Å². The Bertz CT molecular complexity index is 2110. The fourth-order valence-electron chi connectivity index (χ4n) is 3.91. The van der Waals surface area contributed by atoms with E-state index in [1.165, 1.54) is 48.2 Å². The summed E-state index contributed by atoms with van der Waals surface area (Å²) in [5.41, 5.74) is 27.7. The molecule has 0 aliphatic rings. The van der Waals surface area contributed by atoms with Gasteiger partial charge in [0.2, 0.25) is 0 Å². The first-order chi connectivity index (χ1) is 29.1. The van der Waals surface area contributed by atoms with Crippen LogP contribution in [0.4, 0.5) is 34.1 Å². The van der Waals surface area contributed by atoms with Gasteiger partial charge in [0, 0.05) is 34.8 Å². The number of hydrogen-bond donors (Lipinski definition) is 6. The average Bonchev–Trinajstić information content (AvgIpc) is 3.99. The number of para-hydroxylation sites is 3. The molecule has 17 nitrogen and oxygen atoms in total. The Labute approximate surface area is 405 Å². The Morgan fingerprint density at radius 1 is 0.746 bits per heavy atom. The summed E-state index contributed by atoms with van der Waals surface area (Å²) in [6.07, 6.45) is 14.3. The Balaban J connectivity index is -0.000000703. The number of nitrogens with two attached hydrogens (primary N) is 4. The van der Waals surface area contributed by atoms with E-state index < -0.39 is 9.85 Å². The van der Waals surface area contributed by atoms with Crippen molar-refractivity contribution in [2.24, 2.45) is 0 Å². The minimum absolute atomic E-state index is 0. The number of anilines is 4. The number of nitro groups is 2. The van der Waals surface area contributed by atoms with Crippen LogP contribution in [0.2, 0.25) is 5.02 Å². The molecule has 6 rings (SSSR count). The second-order valence-corrected chi connectivity index (χ2v) is 18.2. The normalized spacial score (nSPS) is 9.43. The SMILES string of the molecule is C.CC(C)(C)I.CCCC.CCCI.CO.Cc1cn(-c2cccc(N)c2N)cn1.Cc1cn(-c2cccc(N)c2[N+](=O)[O-])cn1.Cc1cnc[nH]1.Nc1cccc(Cl)c1[N+](=O)[O-]. The van der Waals surface area contributed by atoms with E-state index in [4.69, 9.17) is 39.6 Å². The molecule has 350 valence electrons. The molecular formula is C43H67ClI2N12O5. The second kappa shape index (κ2) is 34.5. The molecule has 3 aromatic carbocycles. The standard InChI is InChI=1S/C10H10N4O2.C10H12N4.C6H5ClN2O2.C4H9I.C4H6N2.C4H10.C3H7I.CH4O.CH4/c1-7-5-13(6-12-7)9-4-2-3-8(11)10(9)14(15)16;1-7-5-14(6-13-7)9-4-2-3-8(11)10(9)12;7-4-2-1-3-5(8)6(4)9(10)11;1-4(2,3)5;1-4-2-5-3-6-4;1-3-4-2;1-2-3-4;1-2;/h2-6H,11H2,1H3;2-6H,11-12H2,1H3;1-3H,8H2;1-3H3;2-3H,1H3,(H,5,6);3-4H2,1-2H3;2-3H2,1H3;2H,1H3;1H4. The summed E-state index contributed by atoms with van der Waals surface area (Å²) >= 11 is 10.2. The van der Waals surface area contributed by atoms with Gasteiger partial charge in [-0.05, 0) is 68.0 Å². The van der Waals surface area contributed by atoms with Gasteiger partial charge < -0.3 is 37.6 Å². The number of H-pyrrole nitrogens is 1. The van der Waals surface area contributed by atoms with Gasteiger partial charge >= 0.3 is 11.4 Å². The largest absolute Gasteiger partial charge is 0.400 e. The lowest BCUT2D eigenvalue weighted by molar-refractivity contribution is -0.383. The number of aliphatic hydroxyl groups excluding tert-OH is 1. The lowest BCUT2D eigenvalue weighted by Crippen LogP contribution is -2.01. The van der Waals surface area contributed by atoms with Crippen molar-refractivity contribution in [2.75, 3.05) is 34.5 Å². The number of alkyl halides is 2. The highest BCUT2D eigenvalue weighted by Crippen LogP contribution is 2.30. The number of aliphatic hydroxyl groups is 1. The third-order valence-electron chi connectivity index (χ3n) is 6.85. The smallest absolute Gasteiger partial charge is 0.315 e. The monoisotopic (exact) mass is 1120 g/mol. The van der Waals surface area contributed by atoms with Gasteiger partial charge in [0.25, 0.3) is 0 Å². The molecule has 0 aliphatic carbocycles. The number of unbranched alkanes of at least 4 members (excludes halogenated alkanes) is 1. The zero-order chi connectivity index (χ0) is 48.0. The van der Waals surface area contributed by atoms with E-state index in [1.807, 2.05) is 43.7 Å². The summed E-state index contributed by atoms with van der Waals surface area (Å²) in [6, 6.07) is 14.8. The van der Waals surface area contributed by atoms with Crippen LogP contribution in [0.5, 0.6) is 0 Å².